The third kappa shape index (κ3) is 6.94. The molecule has 0 atom stereocenters. The summed E-state index contributed by atoms with van der Waals surface area (Å²) in [5.41, 5.74) is 11.6. The minimum atomic E-state index is -4.68. The van der Waals surface area contributed by atoms with Gasteiger partial charge in [-0.25, -0.2) is 4.85 Å². The van der Waals surface area contributed by atoms with Crippen molar-refractivity contribution in [2.75, 3.05) is 0 Å². The molecule has 4 aromatic heterocycles. The fraction of sp³-hybridized carbons (Fsp3) is 0.0328. The molecule has 0 fully saturated rings. The maximum atomic E-state index is 15.3. The molecule has 0 bridgehead atoms. The molecule has 0 aliphatic heterocycles. The number of nitrogens with zero attached hydrogens (tertiary/aromatic N) is 5. The second-order valence-electron chi connectivity index (χ2n) is 17.2. The van der Waals surface area contributed by atoms with Gasteiger partial charge in [-0.05, 0) is 83.3 Å². The van der Waals surface area contributed by atoms with Crippen LogP contribution in [0.4, 0.5) is 18.9 Å². The van der Waals surface area contributed by atoms with E-state index in [1.165, 1.54) is 6.07 Å². The Kier molecular flexibility index (Phi) is 9.82. The topological polar surface area (TPSA) is 40.0 Å². The highest BCUT2D eigenvalue weighted by atomic mass is 19.4. The first-order chi connectivity index (χ1) is 33.7. The number of para-hydroxylation sites is 2. The zero-order chi connectivity index (χ0) is 46.8. The lowest BCUT2D eigenvalue weighted by Crippen LogP contribution is -2.10. The van der Waals surface area contributed by atoms with Crippen LogP contribution in [0.3, 0.4) is 0 Å². The van der Waals surface area contributed by atoms with Crippen molar-refractivity contribution in [3.05, 3.63) is 235 Å². The average Bonchev–Trinajstić information content (AvgIpc) is 3.90. The molecule has 0 unspecified atom stereocenters. The van der Waals surface area contributed by atoms with Crippen LogP contribution in [0.25, 0.3) is 116 Å². The van der Waals surface area contributed by atoms with Gasteiger partial charge in [0.1, 0.15) is 0 Å². The molecule has 69 heavy (non-hydrogen) atoms. The van der Waals surface area contributed by atoms with E-state index in [4.69, 9.17) is 16.5 Å². The Hall–Kier alpha value is -9.06. The minimum absolute atomic E-state index is 0.0233. The quantitative estimate of drug-likeness (QED) is 0.150. The number of pyridine rings is 2. The van der Waals surface area contributed by atoms with Gasteiger partial charge < -0.3 is 9.13 Å². The Morgan fingerprint density at radius 3 is 1.46 bits per heavy atom. The SMILES string of the molecule is [C-]#[N+]c1c(-n2c3ccccc3c3ccc(-c4ccc(-c5ccccc5)nc4)cc32)ccc(-c2c(C)cccc2C(F)(F)F)c1-n1c2ccccc2c2ccc(-c3ccc(-c4ccccc4)nc3)cc21. The minimum Gasteiger partial charge on any atom is -0.319 e. The van der Waals surface area contributed by atoms with Crippen molar-refractivity contribution in [2.24, 2.45) is 0 Å². The number of alkyl halides is 3. The van der Waals surface area contributed by atoms with Crippen molar-refractivity contribution >= 4 is 49.3 Å². The summed E-state index contributed by atoms with van der Waals surface area (Å²) in [6.07, 6.45) is -0.960. The maximum Gasteiger partial charge on any atom is 0.417 e. The zero-order valence-corrected chi connectivity index (χ0v) is 37.1. The van der Waals surface area contributed by atoms with Crippen molar-refractivity contribution in [3.8, 4) is 67.3 Å². The van der Waals surface area contributed by atoms with Crippen LogP contribution in [-0.2, 0) is 6.18 Å². The second kappa shape index (κ2) is 16.4. The number of hydrogen-bond donors (Lipinski definition) is 0. The van der Waals surface area contributed by atoms with Gasteiger partial charge in [0, 0.05) is 56.2 Å². The molecule has 0 saturated heterocycles. The number of aryl methyl sites for hydroxylation is 1. The van der Waals surface area contributed by atoms with Crippen LogP contribution in [0, 0.1) is 13.5 Å². The number of benzene rings is 8. The largest absolute Gasteiger partial charge is 0.417 e. The van der Waals surface area contributed by atoms with Crippen LogP contribution < -0.4 is 0 Å². The first kappa shape index (κ1) is 41.4. The van der Waals surface area contributed by atoms with E-state index in [-0.39, 0.29) is 11.3 Å². The van der Waals surface area contributed by atoms with Crippen LogP contribution in [-0.4, -0.2) is 19.1 Å². The third-order valence-corrected chi connectivity index (χ3v) is 13.2. The number of fused-ring (bicyclic) bond motifs is 6. The molecule has 8 aromatic carbocycles. The van der Waals surface area contributed by atoms with Crippen molar-refractivity contribution in [1.29, 1.82) is 0 Å². The van der Waals surface area contributed by atoms with Gasteiger partial charge in [0.15, 0.2) is 0 Å². The first-order valence-electron chi connectivity index (χ1n) is 22.6. The van der Waals surface area contributed by atoms with Crippen LogP contribution >= 0.6 is 0 Å². The van der Waals surface area contributed by atoms with E-state index in [1.54, 1.807) is 19.1 Å². The Bertz CT molecular complexity index is 3990. The average molecular weight is 898 g/mol. The summed E-state index contributed by atoms with van der Waals surface area (Å²) < 4.78 is 50.0. The smallest absolute Gasteiger partial charge is 0.319 e. The summed E-state index contributed by atoms with van der Waals surface area (Å²) in [5, 5.41) is 3.74. The fourth-order valence-electron chi connectivity index (χ4n) is 10.0. The molecule has 0 aliphatic rings. The van der Waals surface area contributed by atoms with Gasteiger partial charge >= 0.3 is 6.18 Å². The van der Waals surface area contributed by atoms with Crippen molar-refractivity contribution in [2.45, 2.75) is 13.1 Å². The summed E-state index contributed by atoms with van der Waals surface area (Å²) in [7, 11) is 0. The summed E-state index contributed by atoms with van der Waals surface area (Å²) in [6, 6.07) is 64.4. The molecule has 328 valence electrons. The maximum absolute atomic E-state index is 15.3. The van der Waals surface area contributed by atoms with Gasteiger partial charge in [-0.3, -0.25) is 9.97 Å². The van der Waals surface area contributed by atoms with Gasteiger partial charge in [-0.1, -0.05) is 152 Å². The predicted molar refractivity (Wildman–Crippen MR) is 274 cm³/mol. The molecule has 12 aromatic rings. The van der Waals surface area contributed by atoms with E-state index in [0.29, 0.717) is 22.5 Å². The summed E-state index contributed by atoms with van der Waals surface area (Å²) in [5.74, 6) is 0. The molecule has 0 aliphatic carbocycles. The third-order valence-electron chi connectivity index (χ3n) is 13.2. The second-order valence-corrected chi connectivity index (χ2v) is 17.2. The van der Waals surface area contributed by atoms with E-state index in [0.717, 1.165) is 94.4 Å². The van der Waals surface area contributed by atoms with Crippen molar-refractivity contribution < 1.29 is 13.2 Å². The summed E-state index contributed by atoms with van der Waals surface area (Å²) in [6.45, 7) is 10.8. The molecule has 12 rings (SSSR count). The standard InChI is InChI=1S/C61H38F3N5/c1-38-14-13-21-50(61(62,63)64)58(38)49-30-33-55(68-53-22-11-9-19-45(53)47-28-24-41(34-56(47)68)43-26-31-51(66-36-43)39-15-5-3-6-16-39)59(65-2)60(49)69-54-23-12-10-20-46(54)48-29-25-42(35-57(48)69)44-27-32-52(67-37-44)40-17-7-4-8-18-40/h3-37H,1H3. The van der Waals surface area contributed by atoms with Crippen LogP contribution in [0.15, 0.2) is 213 Å². The highest BCUT2D eigenvalue weighted by Crippen LogP contribution is 2.49. The number of halogens is 3. The van der Waals surface area contributed by atoms with Crippen molar-refractivity contribution in [1.82, 2.24) is 19.1 Å². The van der Waals surface area contributed by atoms with Crippen LogP contribution in [0.2, 0.25) is 0 Å². The predicted octanol–water partition coefficient (Wildman–Crippen LogP) is 16.9. The molecule has 0 saturated carbocycles. The molecule has 0 N–H and O–H groups in total. The van der Waals surface area contributed by atoms with Crippen molar-refractivity contribution in [3.63, 3.8) is 0 Å². The Morgan fingerprint density at radius 2 is 0.942 bits per heavy atom. The lowest BCUT2D eigenvalue weighted by molar-refractivity contribution is -0.137. The number of hydrogen-bond acceptors (Lipinski definition) is 2. The van der Waals surface area contributed by atoms with Crippen LogP contribution in [0.1, 0.15) is 11.1 Å². The number of rotatable bonds is 7. The van der Waals surface area contributed by atoms with Crippen LogP contribution in [0.5, 0.6) is 0 Å². The van der Waals surface area contributed by atoms with E-state index in [1.807, 2.05) is 144 Å². The molecule has 8 heteroatoms. The van der Waals surface area contributed by atoms with Gasteiger partial charge in [0.25, 0.3) is 0 Å². The Balaban J connectivity index is 1.14. The Labute approximate surface area is 395 Å². The van der Waals surface area contributed by atoms with Gasteiger partial charge in [-0.2, -0.15) is 13.2 Å². The summed E-state index contributed by atoms with van der Waals surface area (Å²) >= 11 is 0. The lowest BCUT2D eigenvalue weighted by atomic mass is 9.92. The van der Waals surface area contributed by atoms with E-state index in [2.05, 4.69) is 57.9 Å². The van der Waals surface area contributed by atoms with Gasteiger partial charge in [0.05, 0.1) is 57.0 Å². The van der Waals surface area contributed by atoms with Gasteiger partial charge in [0.2, 0.25) is 5.69 Å². The van der Waals surface area contributed by atoms with E-state index >= 15 is 13.2 Å². The molecule has 0 spiro atoms. The fourth-order valence-corrected chi connectivity index (χ4v) is 10.0. The first-order valence-corrected chi connectivity index (χ1v) is 22.6. The monoisotopic (exact) mass is 897 g/mol. The van der Waals surface area contributed by atoms with E-state index in [9.17, 15) is 0 Å². The van der Waals surface area contributed by atoms with Gasteiger partial charge in [-0.15, -0.1) is 0 Å². The molecule has 4 heterocycles. The summed E-state index contributed by atoms with van der Waals surface area (Å²) in [4.78, 5) is 14.0. The normalized spacial score (nSPS) is 11.8. The number of aromatic nitrogens is 4. The lowest BCUT2D eigenvalue weighted by Gasteiger charge is -2.23. The Morgan fingerprint density at radius 1 is 0.449 bits per heavy atom. The molecular formula is C61H38F3N5. The highest BCUT2D eigenvalue weighted by molar-refractivity contribution is 6.13. The van der Waals surface area contributed by atoms with E-state index < -0.39 is 11.7 Å². The molecule has 5 nitrogen and oxygen atoms in total. The molecule has 0 amide bonds. The zero-order valence-electron chi connectivity index (χ0n) is 37.1. The molecule has 0 radical (unpaired) electrons. The highest BCUT2D eigenvalue weighted by Gasteiger charge is 2.36. The molecular weight excluding hydrogens is 860 g/mol.